The van der Waals surface area contributed by atoms with Crippen molar-refractivity contribution in [1.82, 2.24) is 24.3 Å². The van der Waals surface area contributed by atoms with Gasteiger partial charge in [0.2, 0.25) is 10.0 Å². The van der Waals surface area contributed by atoms with E-state index < -0.39 is 15.9 Å². The van der Waals surface area contributed by atoms with Crippen LogP contribution in [-0.4, -0.2) is 79.1 Å². The molecule has 13 heteroatoms. The number of carbonyl (C=O) groups excluding carboxylic acids is 1. The number of hydrogen-bond donors (Lipinski definition) is 1. The fraction of sp³-hybridized carbons (Fsp3) is 0.368. The standard InChI is InChI=1S/C19H24N6O6S/c1-24-16(8-9-20-24)18-22-23-19(31-18)21-17(26)14-4-6-15(7-5-14)32(27,28)25(10-12-29-2)11-13-30-3/h4-9H,10-13H2,1-3H3,(H,21,23,26). The van der Waals surface area contributed by atoms with E-state index in [0.717, 1.165) is 0 Å². The number of amides is 1. The number of aromatic nitrogens is 4. The van der Waals surface area contributed by atoms with Crippen molar-refractivity contribution in [1.29, 1.82) is 0 Å². The summed E-state index contributed by atoms with van der Waals surface area (Å²) in [6, 6.07) is 7.16. The van der Waals surface area contributed by atoms with Gasteiger partial charge in [-0.3, -0.25) is 14.8 Å². The van der Waals surface area contributed by atoms with E-state index in [4.69, 9.17) is 13.9 Å². The monoisotopic (exact) mass is 464 g/mol. The van der Waals surface area contributed by atoms with Crippen molar-refractivity contribution in [3.05, 3.63) is 42.1 Å². The molecule has 0 saturated heterocycles. The van der Waals surface area contributed by atoms with Crippen LogP contribution in [0, 0.1) is 0 Å². The number of nitrogens with zero attached hydrogens (tertiary/aromatic N) is 5. The second kappa shape index (κ2) is 10.5. The van der Waals surface area contributed by atoms with E-state index in [1.165, 1.54) is 42.8 Å². The van der Waals surface area contributed by atoms with Crippen LogP contribution in [0.5, 0.6) is 0 Å². The molecule has 0 unspecified atom stereocenters. The van der Waals surface area contributed by atoms with Crippen molar-refractivity contribution in [2.45, 2.75) is 4.90 Å². The van der Waals surface area contributed by atoms with Gasteiger partial charge >= 0.3 is 6.01 Å². The molecule has 0 bridgehead atoms. The lowest BCUT2D eigenvalue weighted by atomic mass is 10.2. The number of rotatable bonds is 11. The Morgan fingerprint density at radius 3 is 2.31 bits per heavy atom. The number of sulfonamides is 1. The number of benzene rings is 1. The van der Waals surface area contributed by atoms with Gasteiger partial charge in [-0.15, -0.1) is 5.10 Å². The van der Waals surface area contributed by atoms with Crippen LogP contribution in [0.4, 0.5) is 6.01 Å². The summed E-state index contributed by atoms with van der Waals surface area (Å²) in [5.41, 5.74) is 0.823. The fourth-order valence-electron chi connectivity index (χ4n) is 2.80. The van der Waals surface area contributed by atoms with Crippen molar-refractivity contribution in [2.75, 3.05) is 45.8 Å². The molecule has 0 atom stereocenters. The molecule has 1 amide bonds. The maximum atomic E-state index is 12.9. The summed E-state index contributed by atoms with van der Waals surface area (Å²) >= 11 is 0. The van der Waals surface area contributed by atoms with Gasteiger partial charge in [-0.25, -0.2) is 8.42 Å². The Hall–Kier alpha value is -3.13. The van der Waals surface area contributed by atoms with Crippen LogP contribution in [0.3, 0.4) is 0 Å². The molecule has 0 aliphatic rings. The maximum absolute atomic E-state index is 12.9. The first-order valence-corrected chi connectivity index (χ1v) is 11.0. The molecular formula is C19H24N6O6S. The number of aryl methyl sites for hydroxylation is 1. The molecule has 0 aliphatic carbocycles. The molecule has 1 N–H and O–H groups in total. The third kappa shape index (κ3) is 5.37. The predicted octanol–water partition coefficient (Wildman–Crippen LogP) is 1.01. The molecule has 3 aromatic rings. The molecule has 3 rings (SSSR count). The van der Waals surface area contributed by atoms with E-state index in [0.29, 0.717) is 5.69 Å². The van der Waals surface area contributed by atoms with Crippen LogP contribution >= 0.6 is 0 Å². The lowest BCUT2D eigenvalue weighted by Crippen LogP contribution is -2.36. The van der Waals surface area contributed by atoms with Crippen molar-refractivity contribution in [3.8, 4) is 11.6 Å². The maximum Gasteiger partial charge on any atom is 0.322 e. The van der Waals surface area contributed by atoms with E-state index >= 15 is 0 Å². The molecule has 2 aromatic heterocycles. The molecule has 2 heterocycles. The lowest BCUT2D eigenvalue weighted by Gasteiger charge is -2.21. The summed E-state index contributed by atoms with van der Waals surface area (Å²) in [5.74, 6) is -0.321. The minimum absolute atomic E-state index is 0.0533. The number of anilines is 1. The Labute approximate surface area is 185 Å². The minimum Gasteiger partial charge on any atom is -0.401 e. The van der Waals surface area contributed by atoms with E-state index in [1.54, 1.807) is 24.0 Å². The SMILES string of the molecule is COCCN(CCOC)S(=O)(=O)c1ccc(C(=O)Nc2nnc(-c3ccnn3C)o2)cc1. The van der Waals surface area contributed by atoms with Crippen LogP contribution in [0.25, 0.3) is 11.6 Å². The second-order valence-corrected chi connectivity index (χ2v) is 8.56. The summed E-state index contributed by atoms with van der Waals surface area (Å²) in [4.78, 5) is 12.6. The first-order chi connectivity index (χ1) is 15.4. The van der Waals surface area contributed by atoms with Crippen LogP contribution in [0.1, 0.15) is 10.4 Å². The first kappa shape index (κ1) is 23.5. The van der Waals surface area contributed by atoms with Gasteiger partial charge in [-0.1, -0.05) is 5.10 Å². The third-order valence-corrected chi connectivity index (χ3v) is 6.44. The zero-order valence-electron chi connectivity index (χ0n) is 17.9. The number of methoxy groups -OCH3 is 2. The minimum atomic E-state index is -3.78. The highest BCUT2D eigenvalue weighted by Crippen LogP contribution is 2.20. The van der Waals surface area contributed by atoms with Crippen LogP contribution < -0.4 is 5.32 Å². The molecule has 0 fully saturated rings. The molecule has 32 heavy (non-hydrogen) atoms. The molecule has 0 radical (unpaired) electrons. The largest absolute Gasteiger partial charge is 0.401 e. The predicted molar refractivity (Wildman–Crippen MR) is 113 cm³/mol. The summed E-state index contributed by atoms with van der Waals surface area (Å²) in [6.07, 6.45) is 1.58. The Bertz CT molecular complexity index is 1130. The number of ether oxygens (including phenoxy) is 2. The van der Waals surface area contributed by atoms with Crippen LogP contribution in [0.2, 0.25) is 0 Å². The zero-order chi connectivity index (χ0) is 23.1. The smallest absolute Gasteiger partial charge is 0.322 e. The van der Waals surface area contributed by atoms with Crippen LogP contribution in [0.15, 0.2) is 45.8 Å². The van der Waals surface area contributed by atoms with Gasteiger partial charge in [0.25, 0.3) is 11.8 Å². The summed E-state index contributed by atoms with van der Waals surface area (Å²) in [5, 5.41) is 14.2. The number of nitrogens with one attached hydrogen (secondary N) is 1. The molecule has 0 saturated carbocycles. The quantitative estimate of drug-likeness (QED) is 0.440. The van der Waals surface area contributed by atoms with Crippen molar-refractivity contribution in [3.63, 3.8) is 0 Å². The van der Waals surface area contributed by atoms with Gasteiger partial charge in [0.15, 0.2) is 0 Å². The van der Waals surface area contributed by atoms with Crippen molar-refractivity contribution in [2.24, 2.45) is 7.05 Å². The molecule has 0 spiro atoms. The first-order valence-electron chi connectivity index (χ1n) is 9.58. The Balaban J connectivity index is 1.71. The summed E-state index contributed by atoms with van der Waals surface area (Å²) in [6.45, 7) is 0.851. The summed E-state index contributed by atoms with van der Waals surface area (Å²) < 4.78 is 44.1. The van der Waals surface area contributed by atoms with Gasteiger partial charge in [-0.2, -0.15) is 9.40 Å². The van der Waals surface area contributed by atoms with Gasteiger partial charge < -0.3 is 13.9 Å². The number of hydrogen-bond acceptors (Lipinski definition) is 9. The average molecular weight is 465 g/mol. The fourth-order valence-corrected chi connectivity index (χ4v) is 4.20. The number of carbonyl (C=O) groups is 1. The van der Waals surface area contributed by atoms with Gasteiger partial charge in [0.05, 0.1) is 18.1 Å². The van der Waals surface area contributed by atoms with Crippen molar-refractivity contribution >= 4 is 21.9 Å². The molecule has 12 nitrogen and oxygen atoms in total. The summed E-state index contributed by atoms with van der Waals surface area (Å²) in [7, 11) is 0.936. The Morgan fingerprint density at radius 2 is 1.75 bits per heavy atom. The van der Waals surface area contributed by atoms with E-state index in [1.807, 2.05) is 0 Å². The van der Waals surface area contributed by atoms with E-state index in [2.05, 4.69) is 20.6 Å². The molecule has 0 aliphatic heterocycles. The normalized spacial score (nSPS) is 11.8. The topological polar surface area (TPSA) is 142 Å². The average Bonchev–Trinajstić information content (AvgIpc) is 3.42. The van der Waals surface area contributed by atoms with Gasteiger partial charge in [-0.05, 0) is 30.3 Å². The van der Waals surface area contributed by atoms with Crippen LogP contribution in [-0.2, 0) is 26.5 Å². The second-order valence-electron chi connectivity index (χ2n) is 6.62. The molecule has 1 aromatic carbocycles. The highest BCUT2D eigenvalue weighted by molar-refractivity contribution is 7.89. The molecule has 172 valence electrons. The van der Waals surface area contributed by atoms with E-state index in [-0.39, 0.29) is 48.7 Å². The Morgan fingerprint density at radius 1 is 1.09 bits per heavy atom. The van der Waals surface area contributed by atoms with Gasteiger partial charge in [0, 0.05) is 46.1 Å². The van der Waals surface area contributed by atoms with Crippen molar-refractivity contribution < 1.29 is 27.1 Å². The highest BCUT2D eigenvalue weighted by Gasteiger charge is 2.24. The molecular weight excluding hydrogens is 440 g/mol. The van der Waals surface area contributed by atoms with Gasteiger partial charge in [0.1, 0.15) is 5.69 Å². The lowest BCUT2D eigenvalue weighted by molar-refractivity contribution is 0.102. The third-order valence-electron chi connectivity index (χ3n) is 4.53. The Kier molecular flexibility index (Phi) is 7.69. The van der Waals surface area contributed by atoms with E-state index in [9.17, 15) is 13.2 Å². The zero-order valence-corrected chi connectivity index (χ0v) is 18.7. The highest BCUT2D eigenvalue weighted by atomic mass is 32.2.